The van der Waals surface area contributed by atoms with Crippen LogP contribution in [0.4, 0.5) is 0 Å². The van der Waals surface area contributed by atoms with Crippen molar-refractivity contribution in [3.63, 3.8) is 0 Å². The summed E-state index contributed by atoms with van der Waals surface area (Å²) in [6.07, 6.45) is 3.31. The highest BCUT2D eigenvalue weighted by atomic mass is 32.2. The van der Waals surface area contributed by atoms with Crippen LogP contribution in [0.25, 0.3) is 0 Å². The number of carbonyl (C=O) groups excluding carboxylic acids is 1. The Kier molecular flexibility index (Phi) is 6.74. The number of carbonyl (C=O) groups is 1. The topological polar surface area (TPSA) is 63.2 Å². The van der Waals surface area contributed by atoms with Gasteiger partial charge in [0.25, 0.3) is 0 Å². The van der Waals surface area contributed by atoms with E-state index in [9.17, 15) is 13.2 Å². The Balaban J connectivity index is 4.45. The summed E-state index contributed by atoms with van der Waals surface area (Å²) >= 11 is 0. The van der Waals surface area contributed by atoms with E-state index in [1.807, 2.05) is 0 Å². The number of rotatable bonds is 6. The molecule has 80 valence electrons. The molecule has 0 fully saturated rings. The summed E-state index contributed by atoms with van der Waals surface area (Å²) in [5.41, 5.74) is 0.557. The van der Waals surface area contributed by atoms with Gasteiger partial charge in [-0.2, -0.15) is 0 Å². The van der Waals surface area contributed by atoms with Gasteiger partial charge in [-0.25, -0.2) is 8.42 Å². The van der Waals surface area contributed by atoms with E-state index in [1.54, 1.807) is 13.0 Å². The summed E-state index contributed by atoms with van der Waals surface area (Å²) in [4.78, 5) is 11.1. The van der Waals surface area contributed by atoms with E-state index in [4.69, 9.17) is 0 Å². The zero-order chi connectivity index (χ0) is 11.0. The molecule has 0 aliphatic rings. The number of nitrogens with one attached hydrogen (secondary N) is 1. The Morgan fingerprint density at radius 2 is 2.14 bits per heavy atom. The number of thiol groups is 1. The van der Waals surface area contributed by atoms with Crippen molar-refractivity contribution in [2.45, 2.75) is 13.3 Å². The van der Waals surface area contributed by atoms with Crippen LogP contribution in [0, 0.1) is 0 Å². The van der Waals surface area contributed by atoms with Crippen LogP contribution < -0.4 is 5.32 Å². The van der Waals surface area contributed by atoms with Crippen LogP contribution in [-0.4, -0.2) is 26.6 Å². The highest BCUT2D eigenvalue weighted by Gasteiger charge is 2.00. The molecule has 4 nitrogen and oxygen atoms in total. The number of hydrogen-bond donors (Lipinski definition) is 2. The molecule has 0 aromatic heterocycles. The summed E-state index contributed by atoms with van der Waals surface area (Å²) in [6, 6.07) is 0. The van der Waals surface area contributed by atoms with Gasteiger partial charge in [-0.15, -0.1) is 6.58 Å². The molecule has 0 spiro atoms. The minimum atomic E-state index is -2.49. The first-order valence-corrected chi connectivity index (χ1v) is 5.66. The SMILES string of the molecule is C=CC/C(=C\C(=O)NCC)C[SH](=O)=O. The van der Waals surface area contributed by atoms with Crippen LogP contribution in [0.15, 0.2) is 24.3 Å². The van der Waals surface area contributed by atoms with Gasteiger partial charge in [0, 0.05) is 12.6 Å². The Hall–Kier alpha value is -1.10. The number of hydrogen-bond acceptors (Lipinski definition) is 3. The average Bonchev–Trinajstić information content (AvgIpc) is 2.03. The molecule has 0 radical (unpaired) electrons. The van der Waals surface area contributed by atoms with E-state index in [1.165, 1.54) is 6.08 Å². The lowest BCUT2D eigenvalue weighted by molar-refractivity contribution is -0.116. The third-order valence-corrected chi connectivity index (χ3v) is 2.09. The van der Waals surface area contributed by atoms with Crippen LogP contribution in [0.5, 0.6) is 0 Å². The van der Waals surface area contributed by atoms with Crippen molar-refractivity contribution in [3.8, 4) is 0 Å². The third-order valence-electron chi connectivity index (χ3n) is 1.42. The minimum absolute atomic E-state index is 0.0848. The normalized spacial score (nSPS) is 11.4. The van der Waals surface area contributed by atoms with E-state index in [2.05, 4.69) is 11.9 Å². The van der Waals surface area contributed by atoms with Gasteiger partial charge in [-0.05, 0) is 18.9 Å². The van der Waals surface area contributed by atoms with Gasteiger partial charge in [0.2, 0.25) is 5.91 Å². The Morgan fingerprint density at radius 3 is 2.57 bits per heavy atom. The molecule has 14 heavy (non-hydrogen) atoms. The lowest BCUT2D eigenvalue weighted by Crippen LogP contribution is -2.20. The van der Waals surface area contributed by atoms with Gasteiger partial charge >= 0.3 is 0 Å². The zero-order valence-corrected chi connectivity index (χ0v) is 9.05. The van der Waals surface area contributed by atoms with E-state index < -0.39 is 10.7 Å². The molecule has 0 aromatic rings. The molecule has 5 heteroatoms. The summed E-state index contributed by atoms with van der Waals surface area (Å²) in [5.74, 6) is -0.348. The summed E-state index contributed by atoms with van der Waals surface area (Å²) in [5, 5.41) is 2.56. The summed E-state index contributed by atoms with van der Waals surface area (Å²) in [7, 11) is -2.49. The molecule has 0 unspecified atom stereocenters. The molecular weight excluding hydrogens is 202 g/mol. The standard InChI is InChI=1S/C9H15NO3S/c1-3-5-8(7-14(12)13)6-9(11)10-4-2/h3,6,14H,1,4-5,7H2,2H3,(H,10,11)/b8-6+. The Morgan fingerprint density at radius 1 is 1.50 bits per heavy atom. The highest BCUT2D eigenvalue weighted by molar-refractivity contribution is 7.72. The van der Waals surface area contributed by atoms with Crippen LogP contribution in [0.2, 0.25) is 0 Å². The largest absolute Gasteiger partial charge is 0.353 e. The predicted octanol–water partition coefficient (Wildman–Crippen LogP) is 0.236. The van der Waals surface area contributed by atoms with Gasteiger partial charge in [0.1, 0.15) is 10.7 Å². The highest BCUT2D eigenvalue weighted by Crippen LogP contribution is 2.01. The van der Waals surface area contributed by atoms with Gasteiger partial charge in [-0.3, -0.25) is 4.79 Å². The lowest BCUT2D eigenvalue weighted by Gasteiger charge is -2.00. The maximum Gasteiger partial charge on any atom is 0.243 e. The van der Waals surface area contributed by atoms with E-state index in [0.29, 0.717) is 18.5 Å². The molecule has 0 heterocycles. The van der Waals surface area contributed by atoms with Crippen molar-refractivity contribution < 1.29 is 13.2 Å². The number of likely N-dealkylation sites (N-methyl/N-ethyl adjacent to an activating group) is 1. The first-order valence-electron chi connectivity index (χ1n) is 4.30. The van der Waals surface area contributed by atoms with E-state index in [-0.39, 0.29) is 11.7 Å². The van der Waals surface area contributed by atoms with Crippen molar-refractivity contribution >= 4 is 16.6 Å². The molecule has 0 bridgehead atoms. The molecule has 1 amide bonds. The fraction of sp³-hybridized carbons (Fsp3) is 0.444. The average molecular weight is 217 g/mol. The summed E-state index contributed by atoms with van der Waals surface area (Å²) in [6.45, 7) is 5.82. The first-order chi connectivity index (χ1) is 6.60. The maximum absolute atomic E-state index is 11.1. The first kappa shape index (κ1) is 12.9. The summed E-state index contributed by atoms with van der Waals surface area (Å²) < 4.78 is 20.9. The monoisotopic (exact) mass is 217 g/mol. The van der Waals surface area contributed by atoms with E-state index in [0.717, 1.165) is 0 Å². The van der Waals surface area contributed by atoms with Gasteiger partial charge in [0.05, 0.1) is 5.75 Å². The maximum atomic E-state index is 11.1. The molecule has 0 aromatic carbocycles. The zero-order valence-electron chi connectivity index (χ0n) is 8.16. The number of allylic oxidation sites excluding steroid dienone is 1. The molecule has 1 N–H and O–H groups in total. The van der Waals surface area contributed by atoms with Gasteiger partial charge in [0.15, 0.2) is 0 Å². The van der Waals surface area contributed by atoms with Crippen LogP contribution >= 0.6 is 0 Å². The third kappa shape index (κ3) is 6.42. The van der Waals surface area contributed by atoms with Crippen LogP contribution in [0.1, 0.15) is 13.3 Å². The van der Waals surface area contributed by atoms with Gasteiger partial charge < -0.3 is 5.32 Å². The Bertz CT molecular complexity index is 297. The second-order valence-corrected chi connectivity index (χ2v) is 3.66. The minimum Gasteiger partial charge on any atom is -0.353 e. The molecule has 0 aliphatic heterocycles. The quantitative estimate of drug-likeness (QED) is 0.380. The van der Waals surface area contributed by atoms with Gasteiger partial charge in [-0.1, -0.05) is 6.08 Å². The number of amides is 1. The smallest absolute Gasteiger partial charge is 0.243 e. The fourth-order valence-corrected chi connectivity index (χ4v) is 1.48. The van der Waals surface area contributed by atoms with Crippen molar-refractivity contribution in [2.24, 2.45) is 0 Å². The second-order valence-electron chi connectivity index (χ2n) is 2.68. The fourth-order valence-electron chi connectivity index (χ4n) is 0.931. The molecule has 0 saturated carbocycles. The lowest BCUT2D eigenvalue weighted by atomic mass is 10.2. The van der Waals surface area contributed by atoms with Crippen molar-refractivity contribution in [1.82, 2.24) is 5.32 Å². The molecule has 0 saturated heterocycles. The van der Waals surface area contributed by atoms with Crippen molar-refractivity contribution in [2.75, 3.05) is 12.3 Å². The molecule has 0 aliphatic carbocycles. The second kappa shape index (κ2) is 7.32. The molecular formula is C9H15NO3S. The van der Waals surface area contributed by atoms with Crippen molar-refractivity contribution in [1.29, 1.82) is 0 Å². The van der Waals surface area contributed by atoms with Crippen LogP contribution in [0.3, 0.4) is 0 Å². The Labute approximate surface area is 85.6 Å². The predicted molar refractivity (Wildman–Crippen MR) is 56.8 cm³/mol. The van der Waals surface area contributed by atoms with E-state index >= 15 is 0 Å². The molecule has 0 rings (SSSR count). The molecule has 0 atom stereocenters. The van der Waals surface area contributed by atoms with Crippen molar-refractivity contribution in [3.05, 3.63) is 24.3 Å². The van der Waals surface area contributed by atoms with Crippen LogP contribution in [-0.2, 0) is 15.5 Å².